The van der Waals surface area contributed by atoms with Gasteiger partial charge in [-0.15, -0.1) is 0 Å². The van der Waals surface area contributed by atoms with Crippen molar-refractivity contribution >= 4 is 5.91 Å². The summed E-state index contributed by atoms with van der Waals surface area (Å²) in [6.45, 7) is 4.41. The summed E-state index contributed by atoms with van der Waals surface area (Å²) in [4.78, 5) is 15.6. The normalized spacial score (nSPS) is 23.4. The first kappa shape index (κ1) is 14.0. The average Bonchev–Trinajstić information content (AvgIpc) is 2.39. The zero-order valence-corrected chi connectivity index (χ0v) is 11.5. The van der Waals surface area contributed by atoms with Crippen LogP contribution in [0.5, 0.6) is 0 Å². The molecular formula is C15H21FN2O. The molecule has 1 aliphatic rings. The van der Waals surface area contributed by atoms with Gasteiger partial charge in [-0.3, -0.25) is 4.79 Å². The third-order valence-corrected chi connectivity index (χ3v) is 3.98. The van der Waals surface area contributed by atoms with Crippen LogP contribution in [0, 0.1) is 17.8 Å². The molecule has 0 aromatic carbocycles. The number of pyridine rings is 1. The van der Waals surface area contributed by atoms with Crippen molar-refractivity contribution in [1.29, 1.82) is 0 Å². The van der Waals surface area contributed by atoms with Crippen molar-refractivity contribution in [2.45, 2.75) is 45.6 Å². The number of aromatic nitrogens is 1. The molecule has 19 heavy (non-hydrogen) atoms. The lowest BCUT2D eigenvalue weighted by Crippen LogP contribution is -2.43. The predicted octanol–water partition coefficient (Wildman–Crippen LogP) is 3.17. The summed E-state index contributed by atoms with van der Waals surface area (Å²) in [7, 11) is 0. The van der Waals surface area contributed by atoms with Crippen LogP contribution in [0.15, 0.2) is 18.3 Å². The third kappa shape index (κ3) is 3.52. The van der Waals surface area contributed by atoms with Crippen LogP contribution in [0.3, 0.4) is 0 Å². The molecule has 104 valence electrons. The van der Waals surface area contributed by atoms with Gasteiger partial charge in [0.1, 0.15) is 0 Å². The number of amides is 1. The van der Waals surface area contributed by atoms with Gasteiger partial charge in [-0.05, 0) is 36.8 Å². The number of hydrogen-bond acceptors (Lipinski definition) is 2. The van der Waals surface area contributed by atoms with Gasteiger partial charge < -0.3 is 5.32 Å². The summed E-state index contributed by atoms with van der Waals surface area (Å²) in [6.07, 6.45) is 5.90. The van der Waals surface area contributed by atoms with Gasteiger partial charge in [0.25, 0.3) is 5.91 Å². The molecule has 1 heterocycles. The van der Waals surface area contributed by atoms with Crippen molar-refractivity contribution in [2.75, 3.05) is 0 Å². The minimum absolute atomic E-state index is 0.148. The maximum atomic E-state index is 12.7. The molecule has 1 saturated carbocycles. The van der Waals surface area contributed by atoms with E-state index in [4.69, 9.17) is 0 Å². The van der Waals surface area contributed by atoms with E-state index in [0.717, 1.165) is 12.8 Å². The Kier molecular flexibility index (Phi) is 4.51. The van der Waals surface area contributed by atoms with Crippen LogP contribution in [0.2, 0.25) is 0 Å². The summed E-state index contributed by atoms with van der Waals surface area (Å²) in [5.41, 5.74) is 0.425. The van der Waals surface area contributed by atoms with E-state index in [1.807, 2.05) is 0 Å². The molecule has 2 atom stereocenters. The van der Waals surface area contributed by atoms with Gasteiger partial charge in [0.2, 0.25) is 5.95 Å². The van der Waals surface area contributed by atoms with Gasteiger partial charge in [0.05, 0.1) is 5.56 Å². The molecule has 1 N–H and O–H groups in total. The van der Waals surface area contributed by atoms with Crippen LogP contribution in [-0.4, -0.2) is 16.9 Å². The number of nitrogens with zero attached hydrogens (tertiary/aromatic N) is 1. The largest absolute Gasteiger partial charge is 0.349 e. The molecule has 2 unspecified atom stereocenters. The molecule has 0 spiro atoms. The van der Waals surface area contributed by atoms with Crippen LogP contribution in [-0.2, 0) is 0 Å². The van der Waals surface area contributed by atoms with Crippen molar-refractivity contribution in [3.8, 4) is 0 Å². The van der Waals surface area contributed by atoms with E-state index < -0.39 is 5.95 Å². The van der Waals surface area contributed by atoms with E-state index in [2.05, 4.69) is 24.1 Å². The van der Waals surface area contributed by atoms with Gasteiger partial charge in [-0.1, -0.05) is 26.7 Å². The molecule has 2 rings (SSSR count). The molecule has 0 radical (unpaired) electrons. The molecule has 0 aliphatic heterocycles. The van der Waals surface area contributed by atoms with Gasteiger partial charge in [-0.2, -0.15) is 4.39 Å². The van der Waals surface area contributed by atoms with Crippen LogP contribution >= 0.6 is 0 Å². The van der Waals surface area contributed by atoms with Gasteiger partial charge in [-0.25, -0.2) is 4.98 Å². The Hall–Kier alpha value is -1.45. The third-order valence-electron chi connectivity index (χ3n) is 3.98. The molecular weight excluding hydrogens is 243 g/mol. The first-order valence-electron chi connectivity index (χ1n) is 7.00. The van der Waals surface area contributed by atoms with Crippen LogP contribution in [0.1, 0.15) is 49.9 Å². The van der Waals surface area contributed by atoms with Crippen molar-refractivity contribution in [3.05, 3.63) is 29.8 Å². The quantitative estimate of drug-likeness (QED) is 0.852. The smallest absolute Gasteiger partial charge is 0.253 e. The fourth-order valence-corrected chi connectivity index (χ4v) is 2.90. The minimum atomic E-state index is -0.561. The van der Waals surface area contributed by atoms with Crippen LogP contribution in [0.25, 0.3) is 0 Å². The van der Waals surface area contributed by atoms with Gasteiger partial charge >= 0.3 is 0 Å². The van der Waals surface area contributed by atoms with Gasteiger partial charge in [0, 0.05) is 12.2 Å². The highest BCUT2D eigenvalue weighted by Gasteiger charge is 2.28. The summed E-state index contributed by atoms with van der Waals surface area (Å²) >= 11 is 0. The first-order chi connectivity index (χ1) is 9.08. The second kappa shape index (κ2) is 6.13. The van der Waals surface area contributed by atoms with Crippen molar-refractivity contribution in [2.24, 2.45) is 11.8 Å². The standard InChI is InChI=1S/C15H21FN2O/c1-10(2)12-5-3-4-6-13(12)18-15(19)11-7-8-14(16)17-9-11/h7-10,12-13H,3-6H2,1-2H3,(H,18,19). The maximum Gasteiger partial charge on any atom is 0.253 e. The summed E-state index contributed by atoms with van der Waals surface area (Å²) in [5, 5.41) is 3.08. The number of hydrogen-bond donors (Lipinski definition) is 1. The number of rotatable bonds is 3. The number of carbonyl (C=O) groups excluding carboxylic acids is 1. The molecule has 0 bridgehead atoms. The van der Waals surface area contributed by atoms with Crippen LogP contribution in [0.4, 0.5) is 4.39 Å². The van der Waals surface area contributed by atoms with Crippen molar-refractivity contribution < 1.29 is 9.18 Å². The van der Waals surface area contributed by atoms with Crippen LogP contribution < -0.4 is 5.32 Å². The fourth-order valence-electron chi connectivity index (χ4n) is 2.90. The predicted molar refractivity (Wildman–Crippen MR) is 72.2 cm³/mol. The van der Waals surface area contributed by atoms with E-state index in [1.165, 1.54) is 31.2 Å². The number of halogens is 1. The first-order valence-corrected chi connectivity index (χ1v) is 7.00. The molecule has 4 heteroatoms. The molecule has 1 fully saturated rings. The lowest BCUT2D eigenvalue weighted by atomic mass is 9.78. The Morgan fingerprint density at radius 3 is 2.74 bits per heavy atom. The highest BCUT2D eigenvalue weighted by Crippen LogP contribution is 2.30. The van der Waals surface area contributed by atoms with Crippen molar-refractivity contribution in [3.63, 3.8) is 0 Å². The minimum Gasteiger partial charge on any atom is -0.349 e. The molecule has 1 aromatic rings. The Balaban J connectivity index is 2.02. The summed E-state index contributed by atoms with van der Waals surface area (Å²) < 4.78 is 12.7. The highest BCUT2D eigenvalue weighted by molar-refractivity contribution is 5.94. The Labute approximate surface area is 113 Å². The SMILES string of the molecule is CC(C)C1CCCCC1NC(=O)c1ccc(F)nc1. The van der Waals surface area contributed by atoms with E-state index in [-0.39, 0.29) is 11.9 Å². The fraction of sp³-hybridized carbons (Fsp3) is 0.600. The average molecular weight is 264 g/mol. The monoisotopic (exact) mass is 264 g/mol. The molecule has 1 amide bonds. The van der Waals surface area contributed by atoms with E-state index in [9.17, 15) is 9.18 Å². The van der Waals surface area contributed by atoms with Gasteiger partial charge in [0.15, 0.2) is 0 Å². The molecule has 3 nitrogen and oxygen atoms in total. The van der Waals surface area contributed by atoms with E-state index >= 15 is 0 Å². The zero-order chi connectivity index (χ0) is 13.8. The molecule has 1 aliphatic carbocycles. The molecule has 0 saturated heterocycles. The number of nitrogens with one attached hydrogen (secondary N) is 1. The second-order valence-corrected chi connectivity index (χ2v) is 5.64. The van der Waals surface area contributed by atoms with Crippen molar-refractivity contribution in [1.82, 2.24) is 10.3 Å². The van der Waals surface area contributed by atoms with E-state index in [0.29, 0.717) is 17.4 Å². The highest BCUT2D eigenvalue weighted by atomic mass is 19.1. The Morgan fingerprint density at radius 1 is 1.37 bits per heavy atom. The Bertz CT molecular complexity index is 430. The molecule has 1 aromatic heterocycles. The number of carbonyl (C=O) groups is 1. The zero-order valence-electron chi connectivity index (χ0n) is 11.5. The summed E-state index contributed by atoms with van der Waals surface area (Å²) in [5.74, 6) is 0.391. The summed E-state index contributed by atoms with van der Waals surface area (Å²) in [6, 6.07) is 2.92. The lowest BCUT2D eigenvalue weighted by molar-refractivity contribution is 0.0888. The van der Waals surface area contributed by atoms with E-state index in [1.54, 1.807) is 0 Å². The Morgan fingerprint density at radius 2 is 2.11 bits per heavy atom. The topological polar surface area (TPSA) is 42.0 Å². The maximum absolute atomic E-state index is 12.7. The lowest BCUT2D eigenvalue weighted by Gasteiger charge is -2.34. The second-order valence-electron chi connectivity index (χ2n) is 5.64.